The van der Waals surface area contributed by atoms with Gasteiger partial charge in [-0.05, 0) is 24.1 Å². The number of fused-ring (bicyclic) bond motifs is 1. The molecule has 40 heavy (non-hydrogen) atoms. The molecule has 0 radical (unpaired) electrons. The lowest BCUT2D eigenvalue weighted by Crippen LogP contribution is -2.55. The van der Waals surface area contributed by atoms with Gasteiger partial charge in [0.05, 0.1) is 19.0 Å². The van der Waals surface area contributed by atoms with Crippen LogP contribution < -0.4 is 5.32 Å². The second kappa shape index (κ2) is 11.3. The number of aromatic nitrogens is 4. The van der Waals surface area contributed by atoms with E-state index in [0.29, 0.717) is 5.56 Å². The number of imidazole rings is 1. The maximum Gasteiger partial charge on any atom is 0.348 e. The fourth-order valence-corrected chi connectivity index (χ4v) is 4.44. The van der Waals surface area contributed by atoms with E-state index < -0.39 is 60.7 Å². The van der Waals surface area contributed by atoms with E-state index in [9.17, 15) is 35.1 Å². The standard InChI is InChI=1S/C25H26ClN5O9/c1-3-24(38)15(11-39-25(21(34)35,22(36)37)9-14-7-5-4-6-8-14)40-20(17(24)33)31-12-28-16-18(27-10-13(2)32)29-23(26)30-19(16)31/h1,4-8,12-13,15,17,20,32-33,38H,9-11H2,2H3,(H,34,35)(H,36,37)(H,27,29,30)/t13-,15+,17-,20+,24+/m0/s1. The second-order valence-electron chi connectivity index (χ2n) is 9.24. The average molecular weight is 576 g/mol. The lowest BCUT2D eigenvalue weighted by atomic mass is 9.92. The highest BCUT2D eigenvalue weighted by molar-refractivity contribution is 6.28. The molecular formula is C25H26ClN5O9. The maximum absolute atomic E-state index is 12.2. The van der Waals surface area contributed by atoms with Crippen molar-refractivity contribution in [2.24, 2.45) is 0 Å². The van der Waals surface area contributed by atoms with Crippen LogP contribution in [0.4, 0.5) is 5.82 Å². The van der Waals surface area contributed by atoms with Crippen LogP contribution in [0.3, 0.4) is 0 Å². The molecule has 0 spiro atoms. The predicted molar refractivity (Wildman–Crippen MR) is 138 cm³/mol. The van der Waals surface area contributed by atoms with E-state index >= 15 is 0 Å². The molecule has 1 aliphatic rings. The number of hydrogen-bond donors (Lipinski definition) is 6. The molecule has 1 aliphatic heterocycles. The van der Waals surface area contributed by atoms with Crippen LogP contribution in [0.2, 0.25) is 5.28 Å². The number of carboxylic acid groups (broad SMARTS) is 2. The summed E-state index contributed by atoms with van der Waals surface area (Å²) in [5.41, 5.74) is -4.54. The third-order valence-electron chi connectivity index (χ3n) is 6.45. The third kappa shape index (κ3) is 5.30. The number of nitrogens with zero attached hydrogens (tertiary/aromatic N) is 4. The zero-order chi connectivity index (χ0) is 29.2. The fraction of sp³-hybridized carbons (Fsp3) is 0.400. The van der Waals surface area contributed by atoms with Crippen molar-refractivity contribution in [1.82, 2.24) is 19.5 Å². The number of halogens is 1. The number of hydrogen-bond acceptors (Lipinski definition) is 11. The molecule has 0 bridgehead atoms. The van der Waals surface area contributed by atoms with Crippen molar-refractivity contribution in [1.29, 1.82) is 0 Å². The van der Waals surface area contributed by atoms with Gasteiger partial charge in [-0.1, -0.05) is 36.3 Å². The minimum Gasteiger partial charge on any atom is -0.479 e. The molecule has 14 nitrogen and oxygen atoms in total. The highest BCUT2D eigenvalue weighted by atomic mass is 35.5. The van der Waals surface area contributed by atoms with Crippen LogP contribution >= 0.6 is 11.6 Å². The Morgan fingerprint density at radius 3 is 2.58 bits per heavy atom. The number of carbonyl (C=O) groups is 2. The highest BCUT2D eigenvalue weighted by Gasteiger charge is 2.58. The Morgan fingerprint density at radius 1 is 1.30 bits per heavy atom. The molecule has 0 amide bonds. The number of aliphatic hydroxyl groups is 3. The summed E-state index contributed by atoms with van der Waals surface area (Å²) in [6, 6.07) is 7.97. The number of nitrogens with one attached hydrogen (secondary N) is 1. The zero-order valence-corrected chi connectivity index (χ0v) is 21.8. The number of terminal acetylenes is 1. The van der Waals surface area contributed by atoms with E-state index in [1.54, 1.807) is 25.1 Å². The Kier molecular flexibility index (Phi) is 8.26. The van der Waals surface area contributed by atoms with Crippen molar-refractivity contribution in [3.05, 3.63) is 47.5 Å². The first-order chi connectivity index (χ1) is 18.9. The van der Waals surface area contributed by atoms with Gasteiger partial charge in [0.1, 0.15) is 12.2 Å². The Balaban J connectivity index is 1.65. The molecule has 2 aromatic heterocycles. The first-order valence-corrected chi connectivity index (χ1v) is 12.3. The summed E-state index contributed by atoms with van der Waals surface area (Å²) in [5.74, 6) is -1.33. The Morgan fingerprint density at radius 2 is 1.98 bits per heavy atom. The van der Waals surface area contributed by atoms with E-state index in [0.717, 1.165) is 0 Å². The fourth-order valence-electron chi connectivity index (χ4n) is 4.28. The predicted octanol–water partition coefficient (Wildman–Crippen LogP) is 0.0623. The number of anilines is 1. The molecule has 212 valence electrons. The van der Waals surface area contributed by atoms with E-state index in [-0.39, 0.29) is 28.8 Å². The van der Waals surface area contributed by atoms with Crippen LogP contribution in [0.1, 0.15) is 18.7 Å². The highest BCUT2D eigenvalue weighted by Crippen LogP contribution is 2.39. The topological polar surface area (TPSA) is 209 Å². The molecule has 0 unspecified atom stereocenters. The lowest BCUT2D eigenvalue weighted by Gasteiger charge is -2.30. The number of aliphatic carboxylic acids is 2. The van der Waals surface area contributed by atoms with E-state index in [1.165, 1.54) is 23.0 Å². The smallest absolute Gasteiger partial charge is 0.348 e. The molecule has 0 saturated carbocycles. The van der Waals surface area contributed by atoms with Gasteiger partial charge < -0.3 is 40.3 Å². The summed E-state index contributed by atoms with van der Waals surface area (Å²) in [5, 5.41) is 54.2. The molecule has 15 heteroatoms. The molecule has 1 fully saturated rings. The molecule has 5 atom stereocenters. The molecule has 1 saturated heterocycles. The number of ether oxygens (including phenoxy) is 2. The average Bonchev–Trinajstić information content (AvgIpc) is 3.44. The summed E-state index contributed by atoms with van der Waals surface area (Å²) in [6.45, 7) is 0.857. The van der Waals surface area contributed by atoms with Crippen molar-refractivity contribution >= 4 is 40.5 Å². The van der Waals surface area contributed by atoms with Gasteiger partial charge in [0.2, 0.25) is 5.28 Å². The quantitative estimate of drug-likeness (QED) is 0.102. The summed E-state index contributed by atoms with van der Waals surface area (Å²) in [4.78, 5) is 36.7. The van der Waals surface area contributed by atoms with Crippen molar-refractivity contribution in [2.75, 3.05) is 18.5 Å². The Labute approximate surface area is 232 Å². The third-order valence-corrected chi connectivity index (χ3v) is 6.62. The molecule has 3 aromatic rings. The van der Waals surface area contributed by atoms with Gasteiger partial charge >= 0.3 is 11.9 Å². The van der Waals surface area contributed by atoms with E-state index in [2.05, 4.69) is 26.2 Å². The minimum absolute atomic E-state index is 0.0765. The second-order valence-corrected chi connectivity index (χ2v) is 9.57. The molecule has 3 heterocycles. The normalized spacial score (nSPS) is 23.6. The Bertz CT molecular complexity index is 1430. The number of rotatable bonds is 11. The van der Waals surface area contributed by atoms with Gasteiger partial charge in [-0.15, -0.1) is 6.42 Å². The minimum atomic E-state index is -2.75. The number of carboxylic acids is 2. The van der Waals surface area contributed by atoms with E-state index in [1.807, 2.05) is 0 Å². The molecule has 0 aliphatic carbocycles. The van der Waals surface area contributed by atoms with Crippen LogP contribution in [0.25, 0.3) is 11.2 Å². The molecule has 6 N–H and O–H groups in total. The SMILES string of the molecule is C#C[C@@]1(O)[C@@H](COC(Cc2ccccc2)(C(=O)O)C(=O)O)O[C@@H](n2cnc3c(NC[C@H](C)O)nc(Cl)nc32)[C@@H]1O. The van der Waals surface area contributed by atoms with Crippen LogP contribution in [-0.4, -0.2) is 99.7 Å². The number of aliphatic hydroxyl groups excluding tert-OH is 2. The number of benzene rings is 1. The largest absolute Gasteiger partial charge is 0.479 e. The molecular weight excluding hydrogens is 550 g/mol. The summed E-state index contributed by atoms with van der Waals surface area (Å²) in [6.07, 6.45) is 0.691. The van der Waals surface area contributed by atoms with Crippen LogP contribution in [0.5, 0.6) is 0 Å². The first-order valence-electron chi connectivity index (χ1n) is 11.9. The molecule has 1 aromatic carbocycles. The maximum atomic E-state index is 12.2. The monoisotopic (exact) mass is 575 g/mol. The van der Waals surface area contributed by atoms with Crippen molar-refractivity contribution in [3.8, 4) is 12.3 Å². The van der Waals surface area contributed by atoms with Gasteiger partial charge in [0.25, 0.3) is 5.60 Å². The van der Waals surface area contributed by atoms with Crippen molar-refractivity contribution in [2.45, 2.75) is 49.1 Å². The van der Waals surface area contributed by atoms with Gasteiger partial charge in [-0.2, -0.15) is 9.97 Å². The summed E-state index contributed by atoms with van der Waals surface area (Å²) < 4.78 is 12.5. The van der Waals surface area contributed by atoms with Crippen LogP contribution in [-0.2, 0) is 25.5 Å². The Hall–Kier alpha value is -3.84. The molecule has 4 rings (SSSR count). The van der Waals surface area contributed by atoms with Crippen molar-refractivity contribution in [3.63, 3.8) is 0 Å². The summed E-state index contributed by atoms with van der Waals surface area (Å²) in [7, 11) is 0. The van der Waals surface area contributed by atoms with Gasteiger partial charge in [0.15, 0.2) is 28.8 Å². The van der Waals surface area contributed by atoms with Crippen LogP contribution in [0.15, 0.2) is 36.7 Å². The van der Waals surface area contributed by atoms with Gasteiger partial charge in [-0.3, -0.25) is 4.57 Å². The summed E-state index contributed by atoms with van der Waals surface area (Å²) >= 11 is 6.07. The van der Waals surface area contributed by atoms with Crippen molar-refractivity contribution < 1.29 is 44.6 Å². The zero-order valence-electron chi connectivity index (χ0n) is 21.0. The lowest BCUT2D eigenvalue weighted by molar-refractivity contribution is -0.191. The van der Waals surface area contributed by atoms with Gasteiger partial charge in [-0.25, -0.2) is 14.6 Å². The van der Waals surface area contributed by atoms with E-state index in [4.69, 9.17) is 27.5 Å². The van der Waals surface area contributed by atoms with Gasteiger partial charge in [0, 0.05) is 13.0 Å². The first kappa shape index (κ1) is 29.2. The van der Waals surface area contributed by atoms with Crippen LogP contribution in [0, 0.1) is 12.3 Å².